The van der Waals surface area contributed by atoms with Gasteiger partial charge in [0, 0.05) is 30.9 Å². The molecular formula is C18H21N3O. The standard InChI is InChI=1S/C18H21N3O/c22-14-16-8-9-18(19-11-16)20-17-7-4-10-21(13-17)12-15-5-2-1-3-6-15/h1-3,5-6,8-9,11,14,17H,4,7,10,12-13H2,(H,19,20)/t17-/m1/s1. The van der Waals surface area contributed by atoms with E-state index in [1.54, 1.807) is 12.3 Å². The Balaban J connectivity index is 1.56. The maximum Gasteiger partial charge on any atom is 0.151 e. The lowest BCUT2D eigenvalue weighted by molar-refractivity contribution is 0.112. The summed E-state index contributed by atoms with van der Waals surface area (Å²) in [7, 11) is 0. The van der Waals surface area contributed by atoms with Crippen LogP contribution in [0, 0.1) is 0 Å². The Bertz CT molecular complexity index is 597. The van der Waals surface area contributed by atoms with E-state index in [2.05, 4.69) is 45.5 Å². The number of pyridine rings is 1. The van der Waals surface area contributed by atoms with Crippen LogP contribution < -0.4 is 5.32 Å². The molecule has 1 fully saturated rings. The lowest BCUT2D eigenvalue weighted by Crippen LogP contribution is -2.41. The Morgan fingerprint density at radius 2 is 2.09 bits per heavy atom. The first-order chi connectivity index (χ1) is 10.8. The number of benzene rings is 1. The first-order valence-electron chi connectivity index (χ1n) is 7.77. The molecule has 0 aliphatic carbocycles. The third-order valence-electron chi connectivity index (χ3n) is 4.03. The summed E-state index contributed by atoms with van der Waals surface area (Å²) in [6.07, 6.45) is 4.78. The molecule has 0 radical (unpaired) electrons. The minimum Gasteiger partial charge on any atom is -0.366 e. The monoisotopic (exact) mass is 295 g/mol. The highest BCUT2D eigenvalue weighted by atomic mass is 16.1. The molecule has 0 spiro atoms. The van der Waals surface area contributed by atoms with Crippen molar-refractivity contribution < 1.29 is 4.79 Å². The largest absolute Gasteiger partial charge is 0.366 e. The van der Waals surface area contributed by atoms with Crippen molar-refractivity contribution >= 4 is 12.1 Å². The molecule has 0 bridgehead atoms. The van der Waals surface area contributed by atoms with Crippen molar-refractivity contribution in [2.75, 3.05) is 18.4 Å². The average Bonchev–Trinajstić information content (AvgIpc) is 2.57. The van der Waals surface area contributed by atoms with Crippen LogP contribution in [0.4, 0.5) is 5.82 Å². The summed E-state index contributed by atoms with van der Waals surface area (Å²) in [6.45, 7) is 3.16. The molecule has 0 unspecified atom stereocenters. The fraction of sp³-hybridized carbons (Fsp3) is 0.333. The van der Waals surface area contributed by atoms with Gasteiger partial charge in [0.2, 0.25) is 0 Å². The summed E-state index contributed by atoms with van der Waals surface area (Å²) in [5.74, 6) is 0.845. The Morgan fingerprint density at radius 3 is 2.82 bits per heavy atom. The van der Waals surface area contributed by atoms with Crippen molar-refractivity contribution in [2.45, 2.75) is 25.4 Å². The minimum atomic E-state index is 0.409. The van der Waals surface area contributed by atoms with Gasteiger partial charge >= 0.3 is 0 Å². The van der Waals surface area contributed by atoms with Crippen LogP contribution in [-0.2, 0) is 6.54 Å². The number of aromatic nitrogens is 1. The van der Waals surface area contributed by atoms with E-state index < -0.39 is 0 Å². The molecule has 0 amide bonds. The van der Waals surface area contributed by atoms with Crippen LogP contribution in [0.5, 0.6) is 0 Å². The summed E-state index contributed by atoms with van der Waals surface area (Å²) in [5.41, 5.74) is 1.97. The van der Waals surface area contributed by atoms with Crippen molar-refractivity contribution in [2.24, 2.45) is 0 Å². The number of piperidine rings is 1. The third-order valence-corrected chi connectivity index (χ3v) is 4.03. The van der Waals surface area contributed by atoms with Gasteiger partial charge in [-0.05, 0) is 37.1 Å². The number of hydrogen-bond acceptors (Lipinski definition) is 4. The summed E-state index contributed by atoms with van der Waals surface area (Å²) in [6, 6.07) is 14.7. The number of nitrogens with one attached hydrogen (secondary N) is 1. The Morgan fingerprint density at radius 1 is 1.23 bits per heavy atom. The van der Waals surface area contributed by atoms with Gasteiger partial charge in [0.1, 0.15) is 5.82 Å². The van der Waals surface area contributed by atoms with E-state index in [0.717, 1.165) is 38.2 Å². The smallest absolute Gasteiger partial charge is 0.151 e. The zero-order valence-electron chi connectivity index (χ0n) is 12.6. The van der Waals surface area contributed by atoms with Crippen LogP contribution in [0.1, 0.15) is 28.8 Å². The maximum absolute atomic E-state index is 10.7. The molecule has 4 heteroatoms. The summed E-state index contributed by atoms with van der Waals surface area (Å²) < 4.78 is 0. The molecule has 114 valence electrons. The lowest BCUT2D eigenvalue weighted by Gasteiger charge is -2.33. The van der Waals surface area contributed by atoms with Crippen molar-refractivity contribution in [1.29, 1.82) is 0 Å². The van der Waals surface area contributed by atoms with Crippen LogP contribution in [-0.4, -0.2) is 35.3 Å². The van der Waals surface area contributed by atoms with Gasteiger partial charge in [-0.1, -0.05) is 30.3 Å². The zero-order chi connectivity index (χ0) is 15.2. The van der Waals surface area contributed by atoms with Gasteiger partial charge in [0.15, 0.2) is 6.29 Å². The molecule has 1 saturated heterocycles. The molecule has 2 heterocycles. The molecular weight excluding hydrogens is 274 g/mol. The summed E-state index contributed by atoms with van der Waals surface area (Å²) in [5, 5.41) is 3.48. The van der Waals surface area contributed by atoms with Crippen LogP contribution in [0.3, 0.4) is 0 Å². The third kappa shape index (κ3) is 3.92. The molecule has 1 aliphatic rings. The average molecular weight is 295 g/mol. The molecule has 0 saturated carbocycles. The number of anilines is 1. The Labute approximate surface area is 131 Å². The van der Waals surface area contributed by atoms with Gasteiger partial charge in [-0.15, -0.1) is 0 Å². The number of rotatable bonds is 5. The van der Waals surface area contributed by atoms with Crippen molar-refractivity contribution in [3.63, 3.8) is 0 Å². The molecule has 1 atom stereocenters. The van der Waals surface area contributed by atoms with Crippen molar-refractivity contribution in [3.05, 3.63) is 59.8 Å². The second-order valence-corrected chi connectivity index (χ2v) is 5.80. The van der Waals surface area contributed by atoms with E-state index in [0.29, 0.717) is 11.6 Å². The van der Waals surface area contributed by atoms with Gasteiger partial charge < -0.3 is 5.32 Å². The highest BCUT2D eigenvalue weighted by Gasteiger charge is 2.20. The first-order valence-corrected chi connectivity index (χ1v) is 7.77. The van der Waals surface area contributed by atoms with E-state index in [1.807, 2.05) is 6.07 Å². The molecule has 1 N–H and O–H groups in total. The highest BCUT2D eigenvalue weighted by molar-refractivity contribution is 5.74. The SMILES string of the molecule is O=Cc1ccc(N[C@@H]2CCCN(Cc3ccccc3)C2)nc1. The predicted octanol–water partition coefficient (Wildman–Crippen LogP) is 2.97. The Hall–Kier alpha value is -2.20. The molecule has 1 aliphatic heterocycles. The van der Waals surface area contributed by atoms with E-state index in [9.17, 15) is 4.79 Å². The van der Waals surface area contributed by atoms with Gasteiger partial charge in [0.05, 0.1) is 0 Å². The summed E-state index contributed by atoms with van der Waals surface area (Å²) >= 11 is 0. The Kier molecular flexibility index (Phi) is 4.81. The van der Waals surface area contributed by atoms with Gasteiger partial charge in [-0.3, -0.25) is 9.69 Å². The molecule has 22 heavy (non-hydrogen) atoms. The van der Waals surface area contributed by atoms with Crippen LogP contribution in [0.15, 0.2) is 48.7 Å². The highest BCUT2D eigenvalue weighted by Crippen LogP contribution is 2.17. The van der Waals surface area contributed by atoms with Gasteiger partial charge in [-0.25, -0.2) is 4.98 Å². The van der Waals surface area contributed by atoms with Crippen LogP contribution in [0.2, 0.25) is 0 Å². The lowest BCUT2D eigenvalue weighted by atomic mass is 10.0. The molecule has 1 aromatic carbocycles. The molecule has 4 nitrogen and oxygen atoms in total. The minimum absolute atomic E-state index is 0.409. The topological polar surface area (TPSA) is 45.2 Å². The normalized spacial score (nSPS) is 18.8. The molecule has 2 aromatic rings. The fourth-order valence-corrected chi connectivity index (χ4v) is 2.93. The van der Waals surface area contributed by atoms with Crippen molar-refractivity contribution in [1.82, 2.24) is 9.88 Å². The molecule has 1 aromatic heterocycles. The number of carbonyl (C=O) groups is 1. The van der Waals surface area contributed by atoms with E-state index >= 15 is 0 Å². The van der Waals surface area contributed by atoms with E-state index in [1.165, 1.54) is 12.0 Å². The number of likely N-dealkylation sites (tertiary alicyclic amines) is 1. The van der Waals surface area contributed by atoms with E-state index in [4.69, 9.17) is 0 Å². The van der Waals surface area contributed by atoms with Crippen LogP contribution >= 0.6 is 0 Å². The van der Waals surface area contributed by atoms with Gasteiger partial charge in [-0.2, -0.15) is 0 Å². The van der Waals surface area contributed by atoms with Crippen LogP contribution in [0.25, 0.3) is 0 Å². The number of aldehydes is 1. The maximum atomic E-state index is 10.7. The number of hydrogen-bond donors (Lipinski definition) is 1. The summed E-state index contributed by atoms with van der Waals surface area (Å²) in [4.78, 5) is 17.4. The fourth-order valence-electron chi connectivity index (χ4n) is 2.93. The quantitative estimate of drug-likeness (QED) is 0.861. The van der Waals surface area contributed by atoms with Crippen molar-refractivity contribution in [3.8, 4) is 0 Å². The first kappa shape index (κ1) is 14.7. The van der Waals surface area contributed by atoms with E-state index in [-0.39, 0.29) is 0 Å². The zero-order valence-corrected chi connectivity index (χ0v) is 12.6. The number of carbonyl (C=O) groups excluding carboxylic acids is 1. The second kappa shape index (κ2) is 7.18. The second-order valence-electron chi connectivity index (χ2n) is 5.80. The molecule has 3 rings (SSSR count). The number of nitrogens with zero attached hydrogens (tertiary/aromatic N) is 2. The predicted molar refractivity (Wildman–Crippen MR) is 88.0 cm³/mol. The van der Waals surface area contributed by atoms with Gasteiger partial charge in [0.25, 0.3) is 0 Å².